The molecule has 0 aliphatic carbocycles. The number of likely N-dealkylation sites (tertiary alicyclic amines) is 1. The van der Waals surface area contributed by atoms with Crippen molar-refractivity contribution >= 4 is 11.8 Å². The summed E-state index contributed by atoms with van der Waals surface area (Å²) >= 11 is 2.02. The number of rotatable bonds is 7. The molecule has 1 fully saturated rings. The van der Waals surface area contributed by atoms with Crippen molar-refractivity contribution in [2.75, 3.05) is 37.7 Å². The molecule has 0 bridgehead atoms. The van der Waals surface area contributed by atoms with E-state index >= 15 is 0 Å². The fourth-order valence-corrected chi connectivity index (χ4v) is 2.49. The van der Waals surface area contributed by atoms with Crippen molar-refractivity contribution in [2.24, 2.45) is 0 Å². The van der Waals surface area contributed by atoms with E-state index in [1.54, 1.807) is 0 Å². The number of nitrogens with zero attached hydrogens (tertiary/aromatic N) is 1. The molecule has 1 aliphatic heterocycles. The summed E-state index contributed by atoms with van der Waals surface area (Å²) in [6.07, 6.45) is 2.80. The number of hydrogen-bond donors (Lipinski definition) is 1. The zero-order valence-corrected chi connectivity index (χ0v) is 10.4. The molecule has 84 valence electrons. The van der Waals surface area contributed by atoms with Crippen LogP contribution in [0.15, 0.2) is 0 Å². The standard InChI is InChI=1S/C11H24N2S/c1-3-14-9-6-12-11(2)10-13-7-4-5-8-13/h11-12H,3-10H2,1-2H3. The summed E-state index contributed by atoms with van der Waals surface area (Å²) in [5, 5.41) is 3.58. The first-order valence-corrected chi connectivity index (χ1v) is 7.02. The molecule has 0 aromatic heterocycles. The average molecular weight is 216 g/mol. The topological polar surface area (TPSA) is 15.3 Å². The molecule has 0 saturated carbocycles. The van der Waals surface area contributed by atoms with Crippen LogP contribution in [0.5, 0.6) is 0 Å². The van der Waals surface area contributed by atoms with Crippen LogP contribution in [-0.4, -0.2) is 48.6 Å². The molecule has 0 aromatic rings. The van der Waals surface area contributed by atoms with Crippen LogP contribution in [0.3, 0.4) is 0 Å². The van der Waals surface area contributed by atoms with Crippen molar-refractivity contribution in [1.82, 2.24) is 10.2 Å². The van der Waals surface area contributed by atoms with E-state index in [4.69, 9.17) is 0 Å². The molecule has 1 N–H and O–H groups in total. The largest absolute Gasteiger partial charge is 0.312 e. The van der Waals surface area contributed by atoms with Crippen LogP contribution in [0.25, 0.3) is 0 Å². The van der Waals surface area contributed by atoms with E-state index in [9.17, 15) is 0 Å². The molecular weight excluding hydrogens is 192 g/mol. The van der Waals surface area contributed by atoms with Gasteiger partial charge >= 0.3 is 0 Å². The van der Waals surface area contributed by atoms with Crippen molar-refractivity contribution in [3.63, 3.8) is 0 Å². The van der Waals surface area contributed by atoms with Crippen LogP contribution in [0.4, 0.5) is 0 Å². The maximum atomic E-state index is 3.58. The van der Waals surface area contributed by atoms with E-state index < -0.39 is 0 Å². The Bertz CT molecular complexity index is 135. The van der Waals surface area contributed by atoms with E-state index in [-0.39, 0.29) is 0 Å². The SMILES string of the molecule is CCSCCNC(C)CN1CCCC1. The monoisotopic (exact) mass is 216 g/mol. The van der Waals surface area contributed by atoms with Gasteiger partial charge in [0, 0.05) is 24.9 Å². The lowest BCUT2D eigenvalue weighted by Crippen LogP contribution is -2.38. The average Bonchev–Trinajstić information content (AvgIpc) is 2.65. The van der Waals surface area contributed by atoms with E-state index in [2.05, 4.69) is 24.1 Å². The van der Waals surface area contributed by atoms with Crippen molar-refractivity contribution in [3.8, 4) is 0 Å². The predicted molar refractivity (Wildman–Crippen MR) is 66.1 cm³/mol. The second-order valence-corrected chi connectivity index (χ2v) is 5.45. The summed E-state index contributed by atoms with van der Waals surface area (Å²) in [7, 11) is 0. The number of thioether (sulfide) groups is 1. The minimum Gasteiger partial charge on any atom is -0.312 e. The molecular formula is C11H24N2S. The molecule has 3 heteroatoms. The van der Waals surface area contributed by atoms with Gasteiger partial charge in [-0.25, -0.2) is 0 Å². The highest BCUT2D eigenvalue weighted by atomic mass is 32.2. The first-order chi connectivity index (χ1) is 6.83. The lowest BCUT2D eigenvalue weighted by molar-refractivity contribution is 0.301. The van der Waals surface area contributed by atoms with E-state index in [0.717, 1.165) is 6.54 Å². The van der Waals surface area contributed by atoms with E-state index in [0.29, 0.717) is 6.04 Å². The van der Waals surface area contributed by atoms with Crippen LogP contribution >= 0.6 is 11.8 Å². The van der Waals surface area contributed by atoms with Gasteiger partial charge in [0.15, 0.2) is 0 Å². The zero-order chi connectivity index (χ0) is 10.2. The van der Waals surface area contributed by atoms with Gasteiger partial charge in [0.05, 0.1) is 0 Å². The summed E-state index contributed by atoms with van der Waals surface area (Å²) in [6, 6.07) is 0.658. The molecule has 2 nitrogen and oxygen atoms in total. The van der Waals surface area contributed by atoms with Gasteiger partial charge in [0.1, 0.15) is 0 Å². The first-order valence-electron chi connectivity index (χ1n) is 5.86. The van der Waals surface area contributed by atoms with Crippen molar-refractivity contribution in [3.05, 3.63) is 0 Å². The predicted octanol–water partition coefficient (Wildman–Crippen LogP) is 1.81. The molecule has 1 atom stereocenters. The minimum absolute atomic E-state index is 0.658. The van der Waals surface area contributed by atoms with Gasteiger partial charge in [-0.05, 0) is 38.6 Å². The Morgan fingerprint density at radius 3 is 2.71 bits per heavy atom. The lowest BCUT2D eigenvalue weighted by atomic mass is 10.3. The fourth-order valence-electron chi connectivity index (χ4n) is 1.94. The summed E-state index contributed by atoms with van der Waals surface area (Å²) < 4.78 is 0. The third kappa shape index (κ3) is 5.23. The van der Waals surface area contributed by atoms with E-state index in [1.807, 2.05) is 11.8 Å². The Kier molecular flexibility index (Phi) is 6.65. The van der Waals surface area contributed by atoms with Crippen LogP contribution < -0.4 is 5.32 Å². The van der Waals surface area contributed by atoms with Gasteiger partial charge in [0.25, 0.3) is 0 Å². The van der Waals surface area contributed by atoms with Gasteiger partial charge < -0.3 is 10.2 Å². The third-order valence-electron chi connectivity index (χ3n) is 2.67. The second kappa shape index (κ2) is 7.55. The molecule has 0 amide bonds. The second-order valence-electron chi connectivity index (χ2n) is 4.06. The van der Waals surface area contributed by atoms with Crippen LogP contribution in [0.1, 0.15) is 26.7 Å². The highest BCUT2D eigenvalue weighted by Gasteiger charge is 2.13. The van der Waals surface area contributed by atoms with Gasteiger partial charge in [-0.15, -0.1) is 0 Å². The smallest absolute Gasteiger partial charge is 0.0167 e. The van der Waals surface area contributed by atoms with Crippen LogP contribution in [-0.2, 0) is 0 Å². The van der Waals surface area contributed by atoms with Crippen LogP contribution in [0, 0.1) is 0 Å². The number of hydrogen-bond acceptors (Lipinski definition) is 3. The molecule has 1 unspecified atom stereocenters. The molecule has 14 heavy (non-hydrogen) atoms. The van der Waals surface area contributed by atoms with Crippen LogP contribution in [0.2, 0.25) is 0 Å². The maximum absolute atomic E-state index is 3.58. The summed E-state index contributed by atoms with van der Waals surface area (Å²) in [5.41, 5.74) is 0. The first kappa shape index (κ1) is 12.3. The summed E-state index contributed by atoms with van der Waals surface area (Å²) in [4.78, 5) is 2.57. The Morgan fingerprint density at radius 2 is 2.07 bits per heavy atom. The van der Waals surface area contributed by atoms with Gasteiger partial charge in [-0.3, -0.25) is 0 Å². The molecule has 0 radical (unpaired) electrons. The third-order valence-corrected chi connectivity index (χ3v) is 3.58. The Morgan fingerprint density at radius 1 is 1.36 bits per heavy atom. The van der Waals surface area contributed by atoms with Gasteiger partial charge in [-0.1, -0.05) is 6.92 Å². The number of nitrogens with one attached hydrogen (secondary N) is 1. The summed E-state index contributed by atoms with van der Waals surface area (Å²) in [5.74, 6) is 2.49. The Hall–Kier alpha value is 0.270. The van der Waals surface area contributed by atoms with Crippen molar-refractivity contribution < 1.29 is 0 Å². The van der Waals surface area contributed by atoms with Crippen molar-refractivity contribution in [1.29, 1.82) is 0 Å². The minimum atomic E-state index is 0.658. The molecule has 1 rings (SSSR count). The Balaban J connectivity index is 1.95. The molecule has 0 aromatic carbocycles. The molecule has 1 saturated heterocycles. The Labute approximate surface area is 92.8 Å². The maximum Gasteiger partial charge on any atom is 0.0167 e. The fraction of sp³-hybridized carbons (Fsp3) is 1.00. The van der Waals surface area contributed by atoms with Gasteiger partial charge in [0.2, 0.25) is 0 Å². The van der Waals surface area contributed by atoms with E-state index in [1.165, 1.54) is 44.0 Å². The summed E-state index contributed by atoms with van der Waals surface area (Å²) in [6.45, 7) is 9.54. The normalized spacial score (nSPS) is 20.1. The molecule has 1 heterocycles. The highest BCUT2D eigenvalue weighted by Crippen LogP contribution is 2.07. The lowest BCUT2D eigenvalue weighted by Gasteiger charge is -2.21. The van der Waals surface area contributed by atoms with Gasteiger partial charge in [-0.2, -0.15) is 11.8 Å². The molecule has 0 spiro atoms. The molecule has 1 aliphatic rings. The quantitative estimate of drug-likeness (QED) is 0.654. The highest BCUT2D eigenvalue weighted by molar-refractivity contribution is 7.99. The zero-order valence-electron chi connectivity index (χ0n) is 9.59. The van der Waals surface area contributed by atoms with Crippen molar-refractivity contribution in [2.45, 2.75) is 32.7 Å².